The van der Waals surface area contributed by atoms with Gasteiger partial charge in [-0.1, -0.05) is 27.7 Å². The number of carbonyl (C=O) groups is 1. The Kier molecular flexibility index (Phi) is 3.13. The predicted molar refractivity (Wildman–Crippen MR) is 50.8 cm³/mol. The van der Waals surface area contributed by atoms with Gasteiger partial charge in [-0.2, -0.15) is 4.39 Å². The Hall–Kier alpha value is -1.06. The zero-order valence-corrected chi connectivity index (χ0v) is 8.93. The molecule has 1 aliphatic heterocycles. The van der Waals surface area contributed by atoms with Gasteiger partial charge in [-0.15, -0.1) is 0 Å². The maximum Gasteiger partial charge on any atom is 0.293 e. The number of hydrogen-bond donors (Lipinski definition) is 1. The van der Waals surface area contributed by atoms with Crippen LogP contribution in [0.15, 0.2) is 11.7 Å². The van der Waals surface area contributed by atoms with Crippen molar-refractivity contribution in [1.29, 1.82) is 0 Å². The molecule has 0 saturated carbocycles. The van der Waals surface area contributed by atoms with Gasteiger partial charge in [0.2, 0.25) is 0 Å². The topological polar surface area (TPSA) is 38.3 Å². The Morgan fingerprint density at radius 1 is 1.36 bits per heavy atom. The number of carbonyl (C=O) groups excluding carboxylic acids is 1. The summed E-state index contributed by atoms with van der Waals surface area (Å²) < 4.78 is 18.3. The van der Waals surface area contributed by atoms with Crippen molar-refractivity contribution < 1.29 is 13.9 Å². The standard InChI is InChI=1S/C10H16FNO2/c1-5(2)7-9(11)14-8(6(3)4)10(13)12-7/h5-6,8H,1-4H3,(H,12,13). The van der Waals surface area contributed by atoms with Gasteiger partial charge in [0.05, 0.1) is 5.70 Å². The lowest BCUT2D eigenvalue weighted by Gasteiger charge is -2.28. The minimum Gasteiger partial charge on any atom is -0.456 e. The van der Waals surface area contributed by atoms with Crippen LogP contribution in [0.5, 0.6) is 0 Å². The first-order valence-electron chi connectivity index (χ1n) is 4.80. The Bertz CT molecular complexity index is 271. The van der Waals surface area contributed by atoms with Crippen molar-refractivity contribution in [3.05, 3.63) is 11.7 Å². The average Bonchev–Trinajstić information content (AvgIpc) is 2.07. The first-order valence-corrected chi connectivity index (χ1v) is 4.80. The lowest BCUT2D eigenvalue weighted by Crippen LogP contribution is -2.44. The van der Waals surface area contributed by atoms with Crippen LogP contribution >= 0.6 is 0 Å². The summed E-state index contributed by atoms with van der Waals surface area (Å²) in [5.74, 6) is -0.369. The first-order chi connectivity index (χ1) is 6.43. The van der Waals surface area contributed by atoms with E-state index in [9.17, 15) is 9.18 Å². The molecule has 1 rings (SSSR count). The van der Waals surface area contributed by atoms with Gasteiger partial charge in [0, 0.05) is 0 Å². The average molecular weight is 201 g/mol. The van der Waals surface area contributed by atoms with Gasteiger partial charge in [-0.05, 0) is 11.8 Å². The summed E-state index contributed by atoms with van der Waals surface area (Å²) in [6, 6.07) is -0.654. The van der Waals surface area contributed by atoms with Crippen LogP contribution in [0.2, 0.25) is 0 Å². The molecule has 1 aliphatic rings. The molecule has 14 heavy (non-hydrogen) atoms. The molecule has 0 saturated heterocycles. The highest BCUT2D eigenvalue weighted by molar-refractivity contribution is 5.83. The van der Waals surface area contributed by atoms with Crippen LogP contribution < -0.4 is 5.32 Å². The molecule has 0 aliphatic carbocycles. The van der Waals surface area contributed by atoms with Gasteiger partial charge < -0.3 is 10.1 Å². The summed E-state index contributed by atoms with van der Waals surface area (Å²) in [5.41, 5.74) is 0.243. The second kappa shape index (κ2) is 3.98. The summed E-state index contributed by atoms with van der Waals surface area (Å²) in [6.07, 6.45) is -0.711. The fourth-order valence-electron chi connectivity index (χ4n) is 1.29. The number of rotatable bonds is 2. The highest BCUT2D eigenvalue weighted by Gasteiger charge is 2.32. The van der Waals surface area contributed by atoms with Crippen LogP contribution in [-0.2, 0) is 9.53 Å². The quantitative estimate of drug-likeness (QED) is 0.741. The molecule has 0 fully saturated rings. The Labute approximate surface area is 83.3 Å². The summed E-state index contributed by atoms with van der Waals surface area (Å²) in [4.78, 5) is 11.5. The molecular weight excluding hydrogens is 185 g/mol. The highest BCUT2D eigenvalue weighted by Crippen LogP contribution is 2.23. The third kappa shape index (κ3) is 2.05. The molecule has 3 nitrogen and oxygen atoms in total. The van der Waals surface area contributed by atoms with E-state index >= 15 is 0 Å². The number of nitrogens with one attached hydrogen (secondary N) is 1. The van der Waals surface area contributed by atoms with Gasteiger partial charge in [0.25, 0.3) is 11.9 Å². The largest absolute Gasteiger partial charge is 0.456 e. The number of halogens is 1. The van der Waals surface area contributed by atoms with Crippen LogP contribution in [0, 0.1) is 11.8 Å². The lowest BCUT2D eigenvalue weighted by molar-refractivity contribution is -0.136. The van der Waals surface area contributed by atoms with Crippen molar-refractivity contribution in [2.75, 3.05) is 0 Å². The SMILES string of the molecule is CC(C)C1=C(F)OC(C(C)C)C(=O)N1. The van der Waals surface area contributed by atoms with E-state index in [0.717, 1.165) is 0 Å². The predicted octanol–water partition coefficient (Wildman–Crippen LogP) is 1.95. The molecule has 1 N–H and O–H groups in total. The molecule has 1 amide bonds. The molecule has 1 heterocycles. The Balaban J connectivity index is 2.86. The second-order valence-electron chi connectivity index (χ2n) is 4.11. The molecule has 1 atom stereocenters. The van der Waals surface area contributed by atoms with E-state index < -0.39 is 12.1 Å². The monoisotopic (exact) mass is 201 g/mol. The lowest BCUT2D eigenvalue weighted by atomic mass is 10.0. The van der Waals surface area contributed by atoms with Crippen molar-refractivity contribution in [1.82, 2.24) is 5.32 Å². The fourth-order valence-corrected chi connectivity index (χ4v) is 1.29. The van der Waals surface area contributed by atoms with Crippen LogP contribution in [0.3, 0.4) is 0 Å². The Morgan fingerprint density at radius 2 is 1.93 bits per heavy atom. The summed E-state index contributed by atoms with van der Waals surface area (Å²) in [7, 11) is 0. The third-order valence-electron chi connectivity index (χ3n) is 2.14. The first kappa shape index (κ1) is 11.0. The fraction of sp³-hybridized carbons (Fsp3) is 0.700. The van der Waals surface area contributed by atoms with Crippen molar-refractivity contribution in [2.24, 2.45) is 11.8 Å². The van der Waals surface area contributed by atoms with Crippen molar-refractivity contribution in [3.63, 3.8) is 0 Å². The van der Waals surface area contributed by atoms with Crippen LogP contribution in [0.4, 0.5) is 4.39 Å². The van der Waals surface area contributed by atoms with E-state index in [4.69, 9.17) is 4.74 Å². The van der Waals surface area contributed by atoms with Gasteiger partial charge in [-0.3, -0.25) is 4.79 Å². The minimum atomic E-state index is -0.711. The second-order valence-corrected chi connectivity index (χ2v) is 4.11. The van der Waals surface area contributed by atoms with Crippen LogP contribution in [-0.4, -0.2) is 12.0 Å². The smallest absolute Gasteiger partial charge is 0.293 e. The maximum atomic E-state index is 13.3. The van der Waals surface area contributed by atoms with Crippen molar-refractivity contribution in [2.45, 2.75) is 33.8 Å². The van der Waals surface area contributed by atoms with E-state index in [-0.39, 0.29) is 23.4 Å². The van der Waals surface area contributed by atoms with Gasteiger partial charge >= 0.3 is 0 Å². The minimum absolute atomic E-state index is 0.0329. The van der Waals surface area contributed by atoms with Gasteiger partial charge in [-0.25, -0.2) is 0 Å². The van der Waals surface area contributed by atoms with E-state index in [1.165, 1.54) is 0 Å². The van der Waals surface area contributed by atoms with Crippen LogP contribution in [0.1, 0.15) is 27.7 Å². The zero-order valence-electron chi connectivity index (χ0n) is 8.93. The molecule has 1 unspecified atom stereocenters. The zero-order chi connectivity index (χ0) is 10.9. The van der Waals surface area contributed by atoms with E-state index in [2.05, 4.69) is 5.32 Å². The molecule has 0 spiro atoms. The highest BCUT2D eigenvalue weighted by atomic mass is 19.1. The molecule has 0 aromatic carbocycles. The molecule has 80 valence electrons. The summed E-state index contributed by atoms with van der Waals surface area (Å²) in [5, 5.41) is 2.54. The van der Waals surface area contributed by atoms with Crippen molar-refractivity contribution in [3.8, 4) is 0 Å². The Morgan fingerprint density at radius 3 is 2.36 bits per heavy atom. The molecular formula is C10H16FNO2. The molecule has 0 aromatic rings. The van der Waals surface area contributed by atoms with E-state index in [0.29, 0.717) is 0 Å². The summed E-state index contributed by atoms with van der Waals surface area (Å²) in [6.45, 7) is 7.23. The summed E-state index contributed by atoms with van der Waals surface area (Å²) >= 11 is 0. The van der Waals surface area contributed by atoms with Gasteiger partial charge in [0.15, 0.2) is 6.10 Å². The van der Waals surface area contributed by atoms with Gasteiger partial charge in [0.1, 0.15) is 0 Å². The van der Waals surface area contributed by atoms with Crippen LogP contribution in [0.25, 0.3) is 0 Å². The maximum absolute atomic E-state index is 13.3. The number of ether oxygens (including phenoxy) is 1. The number of hydrogen-bond acceptors (Lipinski definition) is 2. The third-order valence-corrected chi connectivity index (χ3v) is 2.14. The number of allylic oxidation sites excluding steroid dienone is 1. The molecule has 0 radical (unpaired) electrons. The normalized spacial score (nSPS) is 22.8. The van der Waals surface area contributed by atoms with E-state index in [1.54, 1.807) is 13.8 Å². The number of amides is 1. The van der Waals surface area contributed by atoms with E-state index in [1.807, 2.05) is 13.8 Å². The molecule has 4 heteroatoms. The molecule has 0 bridgehead atoms. The van der Waals surface area contributed by atoms with Crippen molar-refractivity contribution >= 4 is 5.91 Å². The molecule has 0 aromatic heterocycles.